The third-order valence-electron chi connectivity index (χ3n) is 3.09. The van der Waals surface area contributed by atoms with E-state index in [4.69, 9.17) is 14.2 Å². The topological polar surface area (TPSA) is 44.8 Å². The van der Waals surface area contributed by atoms with Crippen molar-refractivity contribution in [1.82, 2.24) is 0 Å². The minimum absolute atomic E-state index is 0.224. The molecular formula is C10H15AlO4. The molecule has 0 amide bonds. The Morgan fingerprint density at radius 2 is 2.13 bits per heavy atom. The van der Waals surface area contributed by atoms with E-state index >= 15 is 0 Å². The zero-order valence-corrected chi connectivity index (χ0v) is 11.2. The quantitative estimate of drug-likeness (QED) is 0.465. The molecule has 1 heterocycles. The van der Waals surface area contributed by atoms with Crippen LogP contribution in [0.25, 0.3) is 0 Å². The number of esters is 1. The summed E-state index contributed by atoms with van der Waals surface area (Å²) in [5.41, 5.74) is 0.775. The van der Waals surface area contributed by atoms with Crippen molar-refractivity contribution in [3.63, 3.8) is 0 Å². The highest BCUT2D eigenvalue weighted by Gasteiger charge is 2.41. The van der Waals surface area contributed by atoms with Crippen LogP contribution in [0, 0.1) is 0 Å². The van der Waals surface area contributed by atoms with Crippen molar-refractivity contribution in [2.24, 2.45) is 0 Å². The normalized spacial score (nSPS) is 24.6. The summed E-state index contributed by atoms with van der Waals surface area (Å²) < 4.78 is 17.2. The first-order valence-corrected chi connectivity index (χ1v) is 6.22. The fourth-order valence-corrected chi connectivity index (χ4v) is 2.78. The molecule has 0 radical (unpaired) electrons. The number of ether oxygens (including phenoxy) is 3. The van der Waals surface area contributed by atoms with E-state index in [0.29, 0.717) is 19.6 Å². The van der Waals surface area contributed by atoms with E-state index in [1.165, 1.54) is 11.5 Å². The van der Waals surface area contributed by atoms with Gasteiger partial charge in [-0.25, -0.2) is 4.79 Å². The number of methoxy groups -OCH3 is 1. The minimum atomic E-state index is -0.530. The van der Waals surface area contributed by atoms with E-state index < -0.39 is 5.79 Å². The molecule has 15 heavy (non-hydrogen) atoms. The molecule has 1 aliphatic heterocycles. The zero-order valence-electron chi connectivity index (χ0n) is 9.17. The molecule has 0 aromatic heterocycles. The Balaban J connectivity index is 2.18. The Hall–Kier alpha value is -0.338. The molecule has 0 bridgehead atoms. The Labute approximate surface area is 97.0 Å². The van der Waals surface area contributed by atoms with Gasteiger partial charge in [-0.05, 0) is 6.42 Å². The molecule has 0 unspecified atom stereocenters. The third-order valence-corrected chi connectivity index (χ3v) is 4.19. The molecule has 1 aliphatic carbocycles. The summed E-state index contributed by atoms with van der Waals surface area (Å²) >= 11 is 0.909. The van der Waals surface area contributed by atoms with Crippen molar-refractivity contribution >= 4 is 22.3 Å². The largest absolute Gasteiger partial charge is 0.466 e. The van der Waals surface area contributed by atoms with Gasteiger partial charge in [-0.2, -0.15) is 0 Å². The number of carbonyl (C=O) groups excluding carboxylic acids is 1. The van der Waals surface area contributed by atoms with Gasteiger partial charge in [0.15, 0.2) is 5.79 Å². The molecule has 5 heteroatoms. The van der Waals surface area contributed by atoms with Gasteiger partial charge >= 0.3 is 5.97 Å². The molecule has 0 aromatic rings. The molecule has 0 atom stereocenters. The first-order valence-electron chi connectivity index (χ1n) is 5.22. The number of carbonyl (C=O) groups is 1. The molecule has 0 aromatic carbocycles. The number of hydrogen-bond acceptors (Lipinski definition) is 4. The van der Waals surface area contributed by atoms with Gasteiger partial charge in [-0.15, -0.1) is 4.44 Å². The van der Waals surface area contributed by atoms with Crippen LogP contribution in [0.2, 0.25) is 0 Å². The maximum Gasteiger partial charge on any atom is 0.332 e. The second-order valence-corrected chi connectivity index (χ2v) is 5.24. The van der Waals surface area contributed by atoms with Crippen LogP contribution in [0.1, 0.15) is 19.3 Å². The molecule has 1 spiro atoms. The van der Waals surface area contributed by atoms with Crippen molar-refractivity contribution in [3.05, 3.63) is 10.0 Å². The van der Waals surface area contributed by atoms with Crippen molar-refractivity contribution < 1.29 is 19.0 Å². The standard InChI is InChI=1S/C10H13O4.Al.2H/c1-12-9(11)8-3-2-4-10(7-8)13-5-6-14-10;;;/h2,4-7H2,1H3;;;. The Bertz CT molecular complexity index is 305. The van der Waals surface area contributed by atoms with E-state index in [1.54, 1.807) is 0 Å². The highest BCUT2D eigenvalue weighted by Crippen LogP contribution is 2.38. The number of allylic oxidation sites excluding steroid dienone is 1. The summed E-state index contributed by atoms with van der Waals surface area (Å²) in [5.74, 6) is -0.754. The molecule has 2 aliphatic rings. The van der Waals surface area contributed by atoms with Crippen molar-refractivity contribution in [3.8, 4) is 0 Å². The van der Waals surface area contributed by atoms with Crippen molar-refractivity contribution in [1.29, 1.82) is 0 Å². The second kappa shape index (κ2) is 4.27. The van der Waals surface area contributed by atoms with Gasteiger partial charge in [0.1, 0.15) is 0 Å². The van der Waals surface area contributed by atoms with E-state index in [0.717, 1.165) is 34.7 Å². The summed E-state index contributed by atoms with van der Waals surface area (Å²) in [4.78, 5) is 11.5. The molecule has 1 fully saturated rings. The van der Waals surface area contributed by atoms with E-state index in [9.17, 15) is 4.79 Å². The lowest BCUT2D eigenvalue weighted by molar-refractivity contribution is -0.167. The van der Waals surface area contributed by atoms with Crippen LogP contribution in [0.3, 0.4) is 0 Å². The van der Waals surface area contributed by atoms with Crippen LogP contribution in [0.5, 0.6) is 0 Å². The van der Waals surface area contributed by atoms with E-state index in [1.807, 2.05) is 0 Å². The Morgan fingerprint density at radius 3 is 2.73 bits per heavy atom. The zero-order chi connectivity index (χ0) is 10.9. The first-order chi connectivity index (χ1) is 7.17. The minimum Gasteiger partial charge on any atom is -0.466 e. The maximum atomic E-state index is 11.5. The average Bonchev–Trinajstić information content (AvgIpc) is 2.70. The van der Waals surface area contributed by atoms with Gasteiger partial charge in [-0.3, -0.25) is 0 Å². The summed E-state index contributed by atoms with van der Waals surface area (Å²) in [6.07, 6.45) is 2.32. The lowest BCUT2D eigenvalue weighted by atomic mass is 9.93. The molecule has 2 rings (SSSR count). The van der Waals surface area contributed by atoms with Gasteiger partial charge in [0.2, 0.25) is 0 Å². The second-order valence-electron chi connectivity index (χ2n) is 4.03. The average molecular weight is 226 g/mol. The number of rotatable bonds is 1. The predicted octanol–water partition coefficient (Wildman–Crippen LogP) is -0.0264. The summed E-state index contributed by atoms with van der Waals surface area (Å²) in [6, 6.07) is 0. The fourth-order valence-electron chi connectivity index (χ4n) is 2.15. The van der Waals surface area contributed by atoms with Crippen LogP contribution in [-0.4, -0.2) is 48.4 Å². The molecule has 4 nitrogen and oxygen atoms in total. The monoisotopic (exact) mass is 226 g/mol. The van der Waals surface area contributed by atoms with E-state index in [-0.39, 0.29) is 5.97 Å². The van der Waals surface area contributed by atoms with Crippen molar-refractivity contribution in [2.45, 2.75) is 25.0 Å². The molecule has 1 saturated heterocycles. The predicted molar refractivity (Wildman–Crippen MR) is 56.1 cm³/mol. The highest BCUT2D eigenvalue weighted by atomic mass is 27.0. The van der Waals surface area contributed by atoms with Gasteiger partial charge in [0.25, 0.3) is 16.3 Å². The van der Waals surface area contributed by atoms with Crippen LogP contribution in [0.4, 0.5) is 0 Å². The lowest BCUT2D eigenvalue weighted by Crippen LogP contribution is -2.35. The van der Waals surface area contributed by atoms with Gasteiger partial charge in [-0.1, -0.05) is 0 Å². The summed E-state index contributed by atoms with van der Waals surface area (Å²) in [5, 5.41) is 0. The SMILES string of the molecule is COC(=O)C1=[C]([AlH2])CCC2(C1)OCCO2. The fraction of sp³-hybridized carbons (Fsp3) is 0.700. The van der Waals surface area contributed by atoms with Gasteiger partial charge < -0.3 is 14.2 Å². The van der Waals surface area contributed by atoms with Crippen LogP contribution >= 0.6 is 0 Å². The maximum absolute atomic E-state index is 11.5. The molecular weight excluding hydrogens is 211 g/mol. The molecule has 0 saturated carbocycles. The van der Waals surface area contributed by atoms with Crippen LogP contribution < -0.4 is 0 Å². The number of hydrogen-bond donors (Lipinski definition) is 0. The summed E-state index contributed by atoms with van der Waals surface area (Å²) in [7, 11) is 1.42. The Kier molecular flexibility index (Phi) is 3.17. The van der Waals surface area contributed by atoms with Crippen molar-refractivity contribution in [2.75, 3.05) is 20.3 Å². The molecule has 82 valence electrons. The van der Waals surface area contributed by atoms with Gasteiger partial charge in [0.05, 0.1) is 20.3 Å². The third kappa shape index (κ3) is 2.11. The highest BCUT2D eigenvalue weighted by molar-refractivity contribution is 6.24. The smallest absolute Gasteiger partial charge is 0.332 e. The van der Waals surface area contributed by atoms with Gasteiger partial charge in [0, 0.05) is 18.4 Å². The van der Waals surface area contributed by atoms with E-state index in [2.05, 4.69) is 0 Å². The van der Waals surface area contributed by atoms with Crippen LogP contribution in [-0.2, 0) is 19.0 Å². The lowest BCUT2D eigenvalue weighted by Gasteiger charge is -2.33. The summed E-state index contributed by atoms with van der Waals surface area (Å²) in [6.45, 7) is 1.26. The Morgan fingerprint density at radius 1 is 1.47 bits per heavy atom. The molecule has 0 N–H and O–H groups in total. The first kappa shape index (κ1) is 11.2. The van der Waals surface area contributed by atoms with Crippen LogP contribution in [0.15, 0.2) is 10.0 Å².